The van der Waals surface area contributed by atoms with Gasteiger partial charge in [0.1, 0.15) is 31.0 Å². The van der Waals surface area contributed by atoms with Crippen LogP contribution in [0.1, 0.15) is 90.9 Å². The smallest absolute Gasteiger partial charge is 0.306 e. The highest BCUT2D eigenvalue weighted by Crippen LogP contribution is 2.22. The maximum Gasteiger partial charge on any atom is 0.306 e. The largest absolute Gasteiger partial charge is 0.462 e. The molecule has 0 aromatic rings. The zero-order valence-corrected chi connectivity index (χ0v) is 21.3. The van der Waals surface area contributed by atoms with Gasteiger partial charge < -0.3 is 39.4 Å². The first-order valence-electron chi connectivity index (χ1n) is 13.1. The highest BCUT2D eigenvalue weighted by atomic mass is 16.7. The number of aliphatic hydroxyl groups is 4. The minimum Gasteiger partial charge on any atom is -0.462 e. The number of esters is 2. The number of carbonyl (C=O) groups is 2. The minimum absolute atomic E-state index is 0.216. The fraction of sp³-hybridized carbons (Fsp3) is 0.920. The predicted molar refractivity (Wildman–Crippen MR) is 127 cm³/mol. The van der Waals surface area contributed by atoms with Gasteiger partial charge in [-0.05, 0) is 12.8 Å². The molecule has 0 bridgehead atoms. The highest BCUT2D eigenvalue weighted by molar-refractivity contribution is 5.70. The van der Waals surface area contributed by atoms with Gasteiger partial charge in [0.05, 0.1) is 13.2 Å². The van der Waals surface area contributed by atoms with E-state index in [1.807, 2.05) is 0 Å². The summed E-state index contributed by atoms with van der Waals surface area (Å²) in [5, 5.41) is 39.3. The molecule has 0 aromatic carbocycles. The molecule has 0 spiro atoms. The molecule has 4 N–H and O–H groups in total. The van der Waals surface area contributed by atoms with Gasteiger partial charge in [0.25, 0.3) is 0 Å². The van der Waals surface area contributed by atoms with Gasteiger partial charge in [-0.3, -0.25) is 9.59 Å². The Morgan fingerprint density at radius 3 is 1.97 bits per heavy atom. The summed E-state index contributed by atoms with van der Waals surface area (Å²) in [7, 11) is 0. The van der Waals surface area contributed by atoms with E-state index >= 15 is 0 Å². The number of rotatable bonds is 19. The highest BCUT2D eigenvalue weighted by Gasteiger charge is 2.44. The Morgan fingerprint density at radius 2 is 1.34 bits per heavy atom. The second kappa shape index (κ2) is 18.9. The van der Waals surface area contributed by atoms with Crippen molar-refractivity contribution in [2.24, 2.45) is 0 Å². The van der Waals surface area contributed by atoms with Gasteiger partial charge in [-0.25, -0.2) is 0 Å². The molecular formula is C25H46O10. The topological polar surface area (TPSA) is 152 Å². The summed E-state index contributed by atoms with van der Waals surface area (Å²) in [6.45, 7) is 3.15. The van der Waals surface area contributed by atoms with Gasteiger partial charge in [0.15, 0.2) is 12.4 Å². The minimum atomic E-state index is -1.58. The van der Waals surface area contributed by atoms with Gasteiger partial charge in [-0.2, -0.15) is 0 Å². The molecule has 0 aliphatic carbocycles. The maximum absolute atomic E-state index is 12.3. The average Bonchev–Trinajstić information content (AvgIpc) is 2.85. The van der Waals surface area contributed by atoms with Gasteiger partial charge in [0.2, 0.25) is 0 Å². The van der Waals surface area contributed by atoms with Crippen LogP contribution in [-0.4, -0.2) is 89.0 Å². The molecule has 10 nitrogen and oxygen atoms in total. The van der Waals surface area contributed by atoms with Crippen molar-refractivity contribution in [1.82, 2.24) is 0 Å². The first kappa shape index (κ1) is 31.7. The van der Waals surface area contributed by atoms with Crippen LogP contribution in [0.2, 0.25) is 0 Å². The van der Waals surface area contributed by atoms with E-state index in [4.69, 9.17) is 18.9 Å². The fourth-order valence-electron chi connectivity index (χ4n) is 3.77. The zero-order chi connectivity index (χ0) is 26.1. The summed E-state index contributed by atoms with van der Waals surface area (Å²) in [4.78, 5) is 24.4. The fourth-order valence-corrected chi connectivity index (χ4v) is 3.77. The molecule has 0 radical (unpaired) electrons. The Balaban J connectivity index is 2.58. The molecular weight excluding hydrogens is 460 g/mol. The second-order valence-electron chi connectivity index (χ2n) is 9.15. The third-order valence-corrected chi connectivity index (χ3v) is 5.99. The van der Waals surface area contributed by atoms with E-state index in [2.05, 4.69) is 13.8 Å². The van der Waals surface area contributed by atoms with Crippen LogP contribution in [0.4, 0.5) is 0 Å². The van der Waals surface area contributed by atoms with Crippen molar-refractivity contribution in [2.75, 3.05) is 19.8 Å². The molecule has 206 valence electrons. The standard InChI is InChI=1S/C25H46O10/c1-3-5-7-9-10-12-14-21(28)34-18(16-32-20(27)13-11-8-6-4-2)17-33-25-24(31)23(30)22(29)19(15-26)35-25/h18-19,22-26,29-31H,3-17H2,1-2H3/t18-,19-,22+,23+,24-,25-/m1/s1. The zero-order valence-electron chi connectivity index (χ0n) is 21.3. The van der Waals surface area contributed by atoms with Gasteiger partial charge >= 0.3 is 11.9 Å². The lowest BCUT2D eigenvalue weighted by atomic mass is 9.99. The van der Waals surface area contributed by atoms with Crippen molar-refractivity contribution in [3.8, 4) is 0 Å². The van der Waals surface area contributed by atoms with Crippen molar-refractivity contribution in [3.05, 3.63) is 0 Å². The SMILES string of the molecule is CCCCCCCCC(=O)O[C@H](COC(=O)CCCCCC)CO[C@@H]1O[C@H](CO)[C@H](O)[C@H](O)[C@H]1O. The van der Waals surface area contributed by atoms with Gasteiger partial charge in [0, 0.05) is 12.8 Å². The van der Waals surface area contributed by atoms with Crippen LogP contribution in [0.25, 0.3) is 0 Å². The van der Waals surface area contributed by atoms with E-state index in [9.17, 15) is 30.0 Å². The molecule has 0 saturated carbocycles. The summed E-state index contributed by atoms with van der Waals surface area (Å²) in [6, 6.07) is 0. The molecule has 0 unspecified atom stereocenters. The number of aliphatic hydroxyl groups excluding tert-OH is 4. The summed E-state index contributed by atoms with van der Waals surface area (Å²) >= 11 is 0. The Hall–Kier alpha value is -1.30. The third-order valence-electron chi connectivity index (χ3n) is 5.99. The third kappa shape index (κ3) is 13.0. The van der Waals surface area contributed by atoms with Crippen LogP contribution in [-0.2, 0) is 28.5 Å². The molecule has 6 atom stereocenters. The molecule has 1 heterocycles. The van der Waals surface area contributed by atoms with E-state index < -0.39 is 55.4 Å². The molecule has 1 rings (SSSR count). The van der Waals surface area contributed by atoms with Crippen molar-refractivity contribution >= 4 is 11.9 Å². The molecule has 1 fully saturated rings. The first-order valence-corrected chi connectivity index (χ1v) is 13.1. The second-order valence-corrected chi connectivity index (χ2v) is 9.15. The Morgan fingerprint density at radius 1 is 0.771 bits per heavy atom. The quantitative estimate of drug-likeness (QED) is 0.151. The molecule has 0 amide bonds. The molecule has 1 saturated heterocycles. The number of carbonyl (C=O) groups excluding carboxylic acids is 2. The van der Waals surface area contributed by atoms with Gasteiger partial charge in [-0.1, -0.05) is 65.2 Å². The normalized spacial score (nSPS) is 25.3. The molecule has 1 aliphatic heterocycles. The van der Waals surface area contributed by atoms with Crippen LogP contribution < -0.4 is 0 Å². The Bertz CT molecular complexity index is 570. The van der Waals surface area contributed by atoms with Crippen LogP contribution in [0.15, 0.2) is 0 Å². The number of hydrogen-bond donors (Lipinski definition) is 4. The molecule has 1 aliphatic rings. The molecule has 10 heteroatoms. The summed E-state index contributed by atoms with van der Waals surface area (Å²) in [5.41, 5.74) is 0. The number of ether oxygens (including phenoxy) is 4. The van der Waals surface area contributed by atoms with Crippen molar-refractivity contribution in [3.63, 3.8) is 0 Å². The van der Waals surface area contributed by atoms with E-state index in [0.29, 0.717) is 6.42 Å². The summed E-state index contributed by atoms with van der Waals surface area (Å²) in [5.74, 6) is -0.840. The van der Waals surface area contributed by atoms with Crippen molar-refractivity contribution in [2.45, 2.75) is 128 Å². The Kier molecular flexibility index (Phi) is 17.1. The summed E-state index contributed by atoms with van der Waals surface area (Å²) < 4.78 is 21.6. The van der Waals surface area contributed by atoms with Crippen molar-refractivity contribution < 1.29 is 49.0 Å². The maximum atomic E-state index is 12.3. The monoisotopic (exact) mass is 506 g/mol. The molecule has 0 aromatic heterocycles. The number of unbranched alkanes of at least 4 members (excludes halogenated alkanes) is 8. The first-order chi connectivity index (χ1) is 16.8. The summed E-state index contributed by atoms with van der Waals surface area (Å²) in [6.07, 6.45) is 2.30. The van der Waals surface area contributed by atoms with Crippen molar-refractivity contribution in [1.29, 1.82) is 0 Å². The lowest BCUT2D eigenvalue weighted by Gasteiger charge is -2.39. The lowest BCUT2D eigenvalue weighted by molar-refractivity contribution is -0.305. The van der Waals surface area contributed by atoms with Crippen LogP contribution >= 0.6 is 0 Å². The van der Waals surface area contributed by atoms with E-state index in [1.165, 1.54) is 6.42 Å². The van der Waals surface area contributed by atoms with Crippen LogP contribution in [0.3, 0.4) is 0 Å². The van der Waals surface area contributed by atoms with E-state index in [-0.39, 0.29) is 26.1 Å². The molecule has 35 heavy (non-hydrogen) atoms. The predicted octanol–water partition coefficient (Wildman–Crippen LogP) is 1.98. The lowest BCUT2D eigenvalue weighted by Crippen LogP contribution is -2.59. The van der Waals surface area contributed by atoms with E-state index in [1.54, 1.807) is 0 Å². The van der Waals surface area contributed by atoms with Crippen LogP contribution in [0, 0.1) is 0 Å². The van der Waals surface area contributed by atoms with E-state index in [0.717, 1.165) is 51.4 Å². The number of hydrogen-bond acceptors (Lipinski definition) is 10. The van der Waals surface area contributed by atoms with Gasteiger partial charge in [-0.15, -0.1) is 0 Å². The van der Waals surface area contributed by atoms with Crippen LogP contribution in [0.5, 0.6) is 0 Å². The average molecular weight is 507 g/mol. The Labute approximate surface area is 208 Å².